The first-order chi connectivity index (χ1) is 57.0. The molecule has 702 valence electrons. The zero-order valence-electron chi connectivity index (χ0n) is 84.8. The van der Waals surface area contributed by atoms with Crippen LogP contribution < -0.4 is 28.4 Å². The highest BCUT2D eigenvalue weighted by Gasteiger charge is 2.40. The lowest BCUT2D eigenvalue weighted by Gasteiger charge is -2.38. The van der Waals surface area contributed by atoms with Crippen LogP contribution in [0.2, 0.25) is 0 Å². The second-order valence-corrected chi connectivity index (χ2v) is 44.0. The Hall–Kier alpha value is -6.12. The summed E-state index contributed by atoms with van der Waals surface area (Å²) < 4.78 is 53.2. The first-order valence-corrected chi connectivity index (χ1v) is 48.8. The zero-order chi connectivity index (χ0) is 92.9. The molecule has 0 aliphatic carbocycles. The summed E-state index contributed by atoms with van der Waals surface area (Å²) >= 11 is 0. The molecule has 0 aromatic heterocycles. The first-order valence-electron chi connectivity index (χ1n) is 48.8. The largest absolute Gasteiger partial charge is 0.487 e. The van der Waals surface area contributed by atoms with E-state index in [4.69, 9.17) is 42.6 Å². The lowest BCUT2D eigenvalue weighted by atomic mass is 9.83. The van der Waals surface area contributed by atoms with Crippen molar-refractivity contribution in [2.24, 2.45) is 53.3 Å². The van der Waals surface area contributed by atoms with Crippen molar-refractivity contribution in [2.45, 2.75) is 493 Å². The molecule has 0 bridgehead atoms. The molecule has 3 aromatic carbocycles. The molecule has 15 heteroatoms. The third-order valence-electron chi connectivity index (χ3n) is 26.3. The van der Waals surface area contributed by atoms with Crippen molar-refractivity contribution in [3.05, 3.63) is 66.8 Å². The van der Waals surface area contributed by atoms with Gasteiger partial charge in [-0.15, -0.1) is 0 Å². The lowest BCUT2D eigenvalue weighted by molar-refractivity contribution is -0.160. The number of benzene rings is 3. The molecule has 3 aromatic rings. The molecule has 6 rings (SSSR count). The summed E-state index contributed by atoms with van der Waals surface area (Å²) in [5.74, 6) is 8.21. The summed E-state index contributed by atoms with van der Waals surface area (Å²) in [6, 6.07) is 0. The Kier molecular flexibility index (Phi) is 44.9. The second-order valence-electron chi connectivity index (χ2n) is 44.0. The molecular weight excluding hydrogens is 1540 g/mol. The Labute approximate surface area is 750 Å². The van der Waals surface area contributed by atoms with Crippen LogP contribution in [0.4, 0.5) is 0 Å². The van der Waals surface area contributed by atoms with Gasteiger partial charge in [-0.25, -0.2) is 0 Å². The number of rotatable bonds is 45. The maximum atomic E-state index is 12.6. The molecule has 0 fully saturated rings. The van der Waals surface area contributed by atoms with Crippen LogP contribution >= 0.6 is 0 Å². The molecule has 0 N–H and O–H groups in total. The molecule has 123 heavy (non-hydrogen) atoms. The average molecular weight is 1720 g/mol. The van der Waals surface area contributed by atoms with Gasteiger partial charge in [0.15, 0.2) is 0 Å². The van der Waals surface area contributed by atoms with E-state index in [0.717, 1.165) is 195 Å². The Morgan fingerprint density at radius 1 is 0.276 bits per heavy atom. The van der Waals surface area contributed by atoms with Crippen LogP contribution in [0.5, 0.6) is 34.5 Å². The van der Waals surface area contributed by atoms with E-state index in [0.29, 0.717) is 17.2 Å². The molecule has 3 aliphatic rings. The van der Waals surface area contributed by atoms with Crippen LogP contribution in [0.25, 0.3) is 0 Å². The topological polar surface area (TPSA) is 185 Å². The fourth-order valence-corrected chi connectivity index (χ4v) is 18.2. The third-order valence-corrected chi connectivity index (χ3v) is 26.3. The Balaban J connectivity index is 0.000000387. The Morgan fingerprint density at radius 3 is 0.650 bits per heavy atom. The van der Waals surface area contributed by atoms with E-state index < -0.39 is 71.9 Å². The van der Waals surface area contributed by atoms with Gasteiger partial charge in [-0.1, -0.05) is 218 Å². The van der Waals surface area contributed by atoms with Crippen LogP contribution in [0, 0.1) is 116 Å². The fourth-order valence-electron chi connectivity index (χ4n) is 18.2. The van der Waals surface area contributed by atoms with Gasteiger partial charge in [-0.2, -0.15) is 0 Å². The average Bonchev–Trinajstić information content (AvgIpc) is 0.769. The van der Waals surface area contributed by atoms with E-state index in [9.17, 15) is 28.8 Å². The molecule has 0 unspecified atom stereocenters. The van der Waals surface area contributed by atoms with Gasteiger partial charge in [0.05, 0.1) is 0 Å². The van der Waals surface area contributed by atoms with Gasteiger partial charge in [-0.05, 0) is 326 Å². The first kappa shape index (κ1) is 109. The van der Waals surface area contributed by atoms with Crippen molar-refractivity contribution < 1.29 is 71.4 Å². The summed E-state index contributed by atoms with van der Waals surface area (Å²) in [6.45, 7) is 69.1. The van der Waals surface area contributed by atoms with Crippen molar-refractivity contribution >= 4 is 35.8 Å². The number of fused-ring (bicyclic) bond motifs is 3. The van der Waals surface area contributed by atoms with E-state index in [2.05, 4.69) is 104 Å². The molecule has 0 spiro atoms. The smallest absolute Gasteiger partial charge is 0.322 e. The number of carbonyl (C=O) groups is 6. The maximum absolute atomic E-state index is 12.6. The van der Waals surface area contributed by atoms with Crippen LogP contribution in [0.15, 0.2) is 0 Å². The molecule has 3 heterocycles. The minimum atomic E-state index is -0.640. The molecule has 0 radical (unpaired) electrons. The number of carbonyl (C=O) groups excluding carboxylic acids is 6. The van der Waals surface area contributed by atoms with E-state index >= 15 is 0 Å². The minimum Gasteiger partial charge on any atom is -0.487 e. The van der Waals surface area contributed by atoms with Crippen molar-refractivity contribution in [3.63, 3.8) is 0 Å². The molecule has 15 nitrogen and oxygen atoms in total. The number of ether oxygens (including phenoxy) is 9. The summed E-state index contributed by atoms with van der Waals surface area (Å²) in [6.07, 6.45) is 39.0. The van der Waals surface area contributed by atoms with E-state index in [-0.39, 0.29) is 16.8 Å². The lowest BCUT2D eigenvalue weighted by Crippen LogP contribution is -2.37. The van der Waals surface area contributed by atoms with E-state index in [1.165, 1.54) is 154 Å². The predicted molar refractivity (Wildman–Crippen MR) is 506 cm³/mol. The van der Waals surface area contributed by atoms with Gasteiger partial charge in [-0.3, -0.25) is 28.8 Å². The number of hydrogen-bond acceptors (Lipinski definition) is 15. The number of esters is 6. The van der Waals surface area contributed by atoms with Gasteiger partial charge in [0, 0.05) is 16.7 Å². The SMILES string of the molecule is Cc1c(C)c2c(c(C)c1OC(=O)CC(=O)OC(C)(C)C)CC[C@](C)(CCC[C@@H](C)CCC[C@@H](C)CCCC(C)C)O2.Cc1c(C)c2c(c(C)c1OC(=O)CC(=O)OC(C)(C)C)CC[C@](C)(CCC[C@@H](C)CCC[C@H](C)CCCC(C)C)O2.Cc1c(C)c2c(c(C)c1OC(=O)CC(=O)OC(C)(C)C)CC[C@](C)(CCC[C@H](C)CCC[C@@H](C)CCCC(C)C)O2. The van der Waals surface area contributed by atoms with Crippen LogP contribution in [0.3, 0.4) is 0 Å². The normalized spacial score (nSPS) is 18.4. The summed E-state index contributed by atoms with van der Waals surface area (Å²) in [5.41, 5.74) is 9.32. The van der Waals surface area contributed by atoms with Crippen molar-refractivity contribution in [1.82, 2.24) is 0 Å². The fraction of sp³-hybridized carbons (Fsp3) is 0.778. The quantitative estimate of drug-likeness (QED) is 0.0225. The molecule has 3 aliphatic heterocycles. The molecule has 0 amide bonds. The highest BCUT2D eigenvalue weighted by atomic mass is 16.6. The second kappa shape index (κ2) is 50.6. The molecule has 9 atom stereocenters. The Morgan fingerprint density at radius 2 is 0.463 bits per heavy atom. The monoisotopic (exact) mass is 1720 g/mol. The highest BCUT2D eigenvalue weighted by molar-refractivity contribution is 5.94. The van der Waals surface area contributed by atoms with E-state index in [1.807, 2.05) is 62.3 Å². The van der Waals surface area contributed by atoms with Gasteiger partial charge in [0.1, 0.15) is 87.4 Å². The van der Waals surface area contributed by atoms with Crippen LogP contribution in [-0.4, -0.2) is 69.4 Å². The van der Waals surface area contributed by atoms with Crippen LogP contribution in [-0.2, 0) is 62.2 Å². The minimum absolute atomic E-state index is 0.184. The van der Waals surface area contributed by atoms with Crippen molar-refractivity contribution in [3.8, 4) is 34.5 Å². The van der Waals surface area contributed by atoms with Gasteiger partial charge < -0.3 is 42.6 Å². The Bertz CT molecular complexity index is 3440. The summed E-state index contributed by atoms with van der Waals surface area (Å²) in [7, 11) is 0. The van der Waals surface area contributed by atoms with Gasteiger partial charge >= 0.3 is 35.8 Å². The summed E-state index contributed by atoms with van der Waals surface area (Å²) in [5, 5.41) is 0. The maximum Gasteiger partial charge on any atom is 0.322 e. The zero-order valence-corrected chi connectivity index (χ0v) is 84.8. The highest BCUT2D eigenvalue weighted by Crippen LogP contribution is 2.49. The third kappa shape index (κ3) is 39.6. The predicted octanol–water partition coefficient (Wildman–Crippen LogP) is 29.3. The molecule has 0 saturated heterocycles. The van der Waals surface area contributed by atoms with E-state index in [1.54, 1.807) is 62.3 Å². The summed E-state index contributed by atoms with van der Waals surface area (Å²) in [4.78, 5) is 74.1. The van der Waals surface area contributed by atoms with Crippen molar-refractivity contribution in [2.75, 3.05) is 0 Å². The number of hydrogen-bond donors (Lipinski definition) is 0. The van der Waals surface area contributed by atoms with Gasteiger partial charge in [0.25, 0.3) is 0 Å². The molecular formula is C108H180O15. The van der Waals surface area contributed by atoms with Crippen LogP contribution in [0.1, 0.15) is 445 Å². The molecule has 0 saturated carbocycles. The van der Waals surface area contributed by atoms with Crippen molar-refractivity contribution in [1.29, 1.82) is 0 Å². The van der Waals surface area contributed by atoms with Gasteiger partial charge in [0.2, 0.25) is 0 Å². The standard InChI is InChI=1S/3C36H60O5/c3*1-24(2)15-12-16-25(3)17-13-18-26(4)19-14-21-36(11)22-20-30-29(7)33(27(5)28(6)34(30)41-36)39-31(37)23-32(38)40-35(8,9)10/h3*24-26H,12-23H2,1-11H3/t25-,26+,36+;25-,26+,36-;25-,26-,36-/m100/s1.